The molecule has 1 aliphatic rings. The van der Waals surface area contributed by atoms with Crippen molar-refractivity contribution in [1.29, 1.82) is 0 Å². The zero-order valence-electron chi connectivity index (χ0n) is 14.5. The zero-order valence-corrected chi connectivity index (χ0v) is 14.5. The summed E-state index contributed by atoms with van der Waals surface area (Å²) in [7, 11) is 1.54. The molecule has 7 nitrogen and oxygen atoms in total. The fourth-order valence-corrected chi connectivity index (χ4v) is 2.72. The third kappa shape index (κ3) is 4.45. The van der Waals surface area contributed by atoms with E-state index in [2.05, 4.69) is 15.3 Å². The van der Waals surface area contributed by atoms with Gasteiger partial charge < -0.3 is 19.7 Å². The summed E-state index contributed by atoms with van der Waals surface area (Å²) in [5.74, 6) is 0.0147. The fraction of sp³-hybridized carbons (Fsp3) is 0.389. The van der Waals surface area contributed by atoms with Crippen LogP contribution >= 0.6 is 0 Å². The SMILES string of the molecule is COc1ccnc(N2CCOCC(C(=O)NCc3ccccc3F)C2)n1. The summed E-state index contributed by atoms with van der Waals surface area (Å²) >= 11 is 0. The van der Waals surface area contributed by atoms with Crippen LogP contribution in [0.25, 0.3) is 0 Å². The third-order valence-electron chi connectivity index (χ3n) is 4.16. The van der Waals surface area contributed by atoms with Gasteiger partial charge in [0.15, 0.2) is 0 Å². The highest BCUT2D eigenvalue weighted by atomic mass is 19.1. The Morgan fingerprint density at radius 2 is 2.27 bits per heavy atom. The number of nitrogens with zero attached hydrogens (tertiary/aromatic N) is 3. The maximum Gasteiger partial charge on any atom is 0.228 e. The Bertz CT molecular complexity index is 759. The summed E-state index contributed by atoms with van der Waals surface area (Å²) < 4.78 is 24.4. The van der Waals surface area contributed by atoms with E-state index in [1.165, 1.54) is 13.2 Å². The molecule has 2 heterocycles. The number of anilines is 1. The minimum atomic E-state index is -0.404. The Morgan fingerprint density at radius 1 is 1.42 bits per heavy atom. The van der Waals surface area contributed by atoms with Gasteiger partial charge in [0.2, 0.25) is 17.7 Å². The van der Waals surface area contributed by atoms with Crippen LogP contribution < -0.4 is 15.0 Å². The summed E-state index contributed by atoms with van der Waals surface area (Å²) in [4.78, 5) is 23.0. The molecule has 8 heteroatoms. The van der Waals surface area contributed by atoms with E-state index in [9.17, 15) is 9.18 Å². The van der Waals surface area contributed by atoms with Crippen molar-refractivity contribution in [3.63, 3.8) is 0 Å². The van der Waals surface area contributed by atoms with Crippen molar-refractivity contribution in [2.75, 3.05) is 38.3 Å². The molecule has 1 aromatic carbocycles. The number of carbonyl (C=O) groups is 1. The molecule has 1 aliphatic heterocycles. The smallest absolute Gasteiger partial charge is 0.228 e. The van der Waals surface area contributed by atoms with Gasteiger partial charge in [-0.15, -0.1) is 0 Å². The van der Waals surface area contributed by atoms with Crippen LogP contribution in [-0.2, 0) is 16.1 Å². The average Bonchev–Trinajstić information content (AvgIpc) is 2.93. The van der Waals surface area contributed by atoms with Crippen LogP contribution in [0.4, 0.5) is 10.3 Å². The molecule has 0 saturated carbocycles. The molecule has 1 N–H and O–H groups in total. The minimum Gasteiger partial charge on any atom is -0.481 e. The monoisotopic (exact) mass is 360 g/mol. The van der Waals surface area contributed by atoms with Gasteiger partial charge in [0.25, 0.3) is 0 Å². The predicted molar refractivity (Wildman–Crippen MR) is 93.4 cm³/mol. The van der Waals surface area contributed by atoms with E-state index in [-0.39, 0.29) is 18.3 Å². The van der Waals surface area contributed by atoms with Crippen molar-refractivity contribution >= 4 is 11.9 Å². The number of ether oxygens (including phenoxy) is 2. The summed E-state index contributed by atoms with van der Waals surface area (Å²) in [6.07, 6.45) is 1.61. The highest BCUT2D eigenvalue weighted by Crippen LogP contribution is 2.16. The van der Waals surface area contributed by atoms with Gasteiger partial charge in [-0.2, -0.15) is 4.98 Å². The molecule has 0 spiro atoms. The second kappa shape index (κ2) is 8.57. The first-order valence-electron chi connectivity index (χ1n) is 8.38. The Labute approximate surface area is 151 Å². The molecule has 2 aromatic rings. The van der Waals surface area contributed by atoms with Gasteiger partial charge >= 0.3 is 0 Å². The third-order valence-corrected chi connectivity index (χ3v) is 4.16. The van der Waals surface area contributed by atoms with Gasteiger partial charge in [-0.05, 0) is 6.07 Å². The van der Waals surface area contributed by atoms with E-state index in [4.69, 9.17) is 9.47 Å². The molecule has 1 saturated heterocycles. The molecule has 1 aromatic heterocycles. The lowest BCUT2D eigenvalue weighted by molar-refractivity contribution is -0.126. The van der Waals surface area contributed by atoms with E-state index < -0.39 is 5.92 Å². The second-order valence-corrected chi connectivity index (χ2v) is 5.93. The van der Waals surface area contributed by atoms with Crippen molar-refractivity contribution in [3.8, 4) is 5.88 Å². The normalized spacial score (nSPS) is 17.5. The van der Waals surface area contributed by atoms with Gasteiger partial charge in [-0.25, -0.2) is 9.37 Å². The summed E-state index contributed by atoms with van der Waals surface area (Å²) in [5.41, 5.74) is 0.448. The first-order chi connectivity index (χ1) is 12.7. The quantitative estimate of drug-likeness (QED) is 0.869. The van der Waals surface area contributed by atoms with Crippen LogP contribution in [0.2, 0.25) is 0 Å². The van der Waals surface area contributed by atoms with E-state index in [1.807, 2.05) is 4.90 Å². The molecule has 1 atom stereocenters. The minimum absolute atomic E-state index is 0.137. The van der Waals surface area contributed by atoms with Crippen LogP contribution in [0.5, 0.6) is 5.88 Å². The van der Waals surface area contributed by atoms with Gasteiger partial charge in [-0.3, -0.25) is 4.79 Å². The maximum atomic E-state index is 13.7. The number of methoxy groups -OCH3 is 1. The molecule has 0 radical (unpaired) electrons. The Kier molecular flexibility index (Phi) is 5.96. The number of nitrogens with one attached hydrogen (secondary N) is 1. The number of benzene rings is 1. The van der Waals surface area contributed by atoms with E-state index in [1.54, 1.807) is 30.5 Å². The molecule has 1 amide bonds. The Hall–Kier alpha value is -2.74. The fourth-order valence-electron chi connectivity index (χ4n) is 2.72. The number of hydrogen-bond donors (Lipinski definition) is 1. The largest absolute Gasteiger partial charge is 0.481 e. The highest BCUT2D eigenvalue weighted by molar-refractivity contribution is 5.79. The van der Waals surface area contributed by atoms with E-state index in [0.717, 1.165) is 0 Å². The van der Waals surface area contributed by atoms with Crippen LogP contribution in [0.15, 0.2) is 36.5 Å². The molecule has 138 valence electrons. The maximum absolute atomic E-state index is 13.7. The highest BCUT2D eigenvalue weighted by Gasteiger charge is 2.26. The summed E-state index contributed by atoms with van der Waals surface area (Å²) in [6, 6.07) is 8.04. The first kappa shape index (κ1) is 18.1. The van der Waals surface area contributed by atoms with Crippen LogP contribution in [-0.4, -0.2) is 49.3 Å². The lowest BCUT2D eigenvalue weighted by Crippen LogP contribution is -2.40. The van der Waals surface area contributed by atoms with Gasteiger partial charge in [-0.1, -0.05) is 18.2 Å². The first-order valence-corrected chi connectivity index (χ1v) is 8.38. The average molecular weight is 360 g/mol. The molecule has 1 fully saturated rings. The Balaban J connectivity index is 1.65. The number of aromatic nitrogens is 2. The van der Waals surface area contributed by atoms with Gasteiger partial charge in [0.1, 0.15) is 5.82 Å². The molecule has 26 heavy (non-hydrogen) atoms. The van der Waals surface area contributed by atoms with E-state index in [0.29, 0.717) is 43.7 Å². The predicted octanol–water partition coefficient (Wildman–Crippen LogP) is 1.39. The van der Waals surface area contributed by atoms with Crippen molar-refractivity contribution in [2.45, 2.75) is 6.54 Å². The van der Waals surface area contributed by atoms with Crippen molar-refractivity contribution in [1.82, 2.24) is 15.3 Å². The number of rotatable bonds is 5. The Morgan fingerprint density at radius 3 is 3.08 bits per heavy atom. The summed E-state index contributed by atoms with van der Waals surface area (Å²) in [5, 5.41) is 2.78. The molecular weight excluding hydrogens is 339 g/mol. The van der Waals surface area contributed by atoms with Crippen LogP contribution in [0.1, 0.15) is 5.56 Å². The van der Waals surface area contributed by atoms with Crippen molar-refractivity contribution in [3.05, 3.63) is 47.9 Å². The van der Waals surface area contributed by atoms with Crippen LogP contribution in [0, 0.1) is 11.7 Å². The molecule has 0 bridgehead atoms. The van der Waals surface area contributed by atoms with E-state index >= 15 is 0 Å². The van der Waals surface area contributed by atoms with Gasteiger partial charge in [0, 0.05) is 37.5 Å². The second-order valence-electron chi connectivity index (χ2n) is 5.93. The summed E-state index contributed by atoms with van der Waals surface area (Å²) in [6.45, 7) is 1.89. The lowest BCUT2D eigenvalue weighted by atomic mass is 10.1. The standard InChI is InChI=1S/C18H21FN4O3/c1-25-16-6-7-20-18(22-16)23-8-9-26-12-14(11-23)17(24)21-10-13-4-2-3-5-15(13)19/h2-7,14H,8-12H2,1H3,(H,21,24). The van der Waals surface area contributed by atoms with Crippen molar-refractivity contribution in [2.24, 2.45) is 5.92 Å². The molecule has 3 rings (SSSR count). The molecule has 1 unspecified atom stereocenters. The topological polar surface area (TPSA) is 76.6 Å². The number of carbonyl (C=O) groups excluding carboxylic acids is 1. The van der Waals surface area contributed by atoms with Gasteiger partial charge in [0.05, 0.1) is 26.2 Å². The zero-order chi connectivity index (χ0) is 18.4. The molecular formula is C18H21FN4O3. The number of hydrogen-bond acceptors (Lipinski definition) is 6. The lowest BCUT2D eigenvalue weighted by Gasteiger charge is -2.23. The molecule has 0 aliphatic carbocycles. The number of amides is 1. The number of halogens is 1. The van der Waals surface area contributed by atoms with Crippen molar-refractivity contribution < 1.29 is 18.7 Å². The van der Waals surface area contributed by atoms with Crippen LogP contribution in [0.3, 0.4) is 0 Å².